The largest absolute Gasteiger partial charge is 0.277 e. The van der Waals surface area contributed by atoms with Crippen molar-refractivity contribution < 1.29 is 0 Å². The molecular weight excluding hydrogens is 627 g/mol. The summed E-state index contributed by atoms with van der Waals surface area (Å²) in [6, 6.07) is 58.8. The van der Waals surface area contributed by atoms with Crippen LogP contribution in [0.1, 0.15) is 0 Å². The minimum absolute atomic E-state index is 0.666. The van der Waals surface area contributed by atoms with Crippen LogP contribution < -0.4 is 0 Å². The molecule has 11 rings (SSSR count). The Morgan fingerprint density at radius 2 is 1.02 bits per heavy atom. The minimum atomic E-state index is 0.666. The summed E-state index contributed by atoms with van der Waals surface area (Å²) in [5, 5.41) is 10.6. The molecule has 0 spiro atoms. The first-order chi connectivity index (χ1) is 24.8. The molecule has 0 radical (unpaired) electrons. The van der Waals surface area contributed by atoms with Gasteiger partial charge in [-0.05, 0) is 34.5 Å². The maximum Gasteiger partial charge on any atom is 0.235 e. The molecule has 0 aliphatic carbocycles. The van der Waals surface area contributed by atoms with Crippen molar-refractivity contribution >= 4 is 85.8 Å². The molecule has 11 aromatic rings. The number of hydrogen-bond acceptors (Lipinski definition) is 3. The average Bonchev–Trinajstić information content (AvgIpc) is 3.74. The van der Waals surface area contributed by atoms with E-state index < -0.39 is 0 Å². The molecule has 0 saturated heterocycles. The van der Waals surface area contributed by atoms with Gasteiger partial charge in [-0.15, -0.1) is 11.3 Å². The second kappa shape index (κ2) is 10.6. The summed E-state index contributed by atoms with van der Waals surface area (Å²) < 4.78 is 4.93. The molecule has 4 heteroatoms. The topological polar surface area (TPSA) is 30.7 Å². The third-order valence-corrected chi connectivity index (χ3v) is 11.3. The van der Waals surface area contributed by atoms with Crippen LogP contribution in [-0.4, -0.2) is 14.5 Å². The van der Waals surface area contributed by atoms with Gasteiger partial charge in [0.15, 0.2) is 0 Å². The first-order valence-electron chi connectivity index (χ1n) is 16.9. The fraction of sp³-hybridized carbons (Fsp3) is 0. The Morgan fingerprint density at radius 3 is 1.88 bits per heavy atom. The van der Waals surface area contributed by atoms with Gasteiger partial charge in [-0.1, -0.05) is 146 Å². The molecular formula is C46H27N3S. The van der Waals surface area contributed by atoms with Crippen LogP contribution in [0.15, 0.2) is 164 Å². The van der Waals surface area contributed by atoms with E-state index in [4.69, 9.17) is 9.97 Å². The van der Waals surface area contributed by atoms with E-state index in [1.165, 1.54) is 52.8 Å². The lowest BCUT2D eigenvalue weighted by molar-refractivity contribution is 1.02. The van der Waals surface area contributed by atoms with Crippen molar-refractivity contribution in [2.24, 2.45) is 0 Å². The van der Waals surface area contributed by atoms with Crippen molar-refractivity contribution in [3.8, 4) is 28.3 Å². The van der Waals surface area contributed by atoms with Crippen molar-refractivity contribution in [2.45, 2.75) is 0 Å². The van der Waals surface area contributed by atoms with E-state index in [9.17, 15) is 0 Å². The Labute approximate surface area is 291 Å². The number of hydrogen-bond donors (Lipinski definition) is 0. The van der Waals surface area contributed by atoms with Gasteiger partial charge in [0, 0.05) is 58.2 Å². The highest BCUT2D eigenvalue weighted by atomic mass is 32.1. The SMILES string of the molecule is c1ccc(-c2nc(-n3c4c(-c5cccc6sc7ccccc7c56)cccc4c4ccc5ccccc5c43)nc3c2ccc2ccccc23)cc1. The number of aromatic nitrogens is 3. The number of rotatable bonds is 3. The average molecular weight is 654 g/mol. The van der Waals surface area contributed by atoms with E-state index in [2.05, 4.69) is 168 Å². The Hall–Kier alpha value is -6.36. The first-order valence-corrected chi connectivity index (χ1v) is 17.7. The Morgan fingerprint density at radius 1 is 0.400 bits per heavy atom. The highest BCUT2D eigenvalue weighted by molar-refractivity contribution is 7.25. The van der Waals surface area contributed by atoms with Gasteiger partial charge in [0.2, 0.25) is 5.95 Å². The number of nitrogens with zero attached hydrogens (tertiary/aromatic N) is 3. The molecule has 0 aliphatic heterocycles. The molecule has 3 aromatic heterocycles. The van der Waals surface area contributed by atoms with Crippen LogP contribution in [0.5, 0.6) is 0 Å². The second-order valence-corrected chi connectivity index (χ2v) is 14.0. The van der Waals surface area contributed by atoms with Gasteiger partial charge in [-0.2, -0.15) is 0 Å². The van der Waals surface area contributed by atoms with Crippen LogP contribution in [-0.2, 0) is 0 Å². The molecule has 0 aliphatic rings. The molecule has 0 saturated carbocycles. The third kappa shape index (κ3) is 3.91. The fourth-order valence-corrected chi connectivity index (χ4v) is 9.14. The number of para-hydroxylation sites is 1. The number of fused-ring (bicyclic) bond motifs is 11. The van der Waals surface area contributed by atoms with E-state index in [1.54, 1.807) is 0 Å². The van der Waals surface area contributed by atoms with Crippen LogP contribution >= 0.6 is 11.3 Å². The molecule has 0 unspecified atom stereocenters. The molecule has 3 nitrogen and oxygen atoms in total. The van der Waals surface area contributed by atoms with Gasteiger partial charge in [-0.25, -0.2) is 9.97 Å². The molecule has 3 heterocycles. The summed E-state index contributed by atoms with van der Waals surface area (Å²) >= 11 is 1.85. The van der Waals surface area contributed by atoms with E-state index in [-0.39, 0.29) is 0 Å². The van der Waals surface area contributed by atoms with Crippen LogP contribution in [0.3, 0.4) is 0 Å². The summed E-state index contributed by atoms with van der Waals surface area (Å²) in [4.78, 5) is 11.0. The monoisotopic (exact) mass is 653 g/mol. The van der Waals surface area contributed by atoms with Crippen LogP contribution in [0.2, 0.25) is 0 Å². The zero-order chi connectivity index (χ0) is 32.8. The maximum atomic E-state index is 5.53. The van der Waals surface area contributed by atoms with Crippen molar-refractivity contribution in [1.82, 2.24) is 14.5 Å². The molecule has 50 heavy (non-hydrogen) atoms. The van der Waals surface area contributed by atoms with Gasteiger partial charge < -0.3 is 0 Å². The molecule has 0 amide bonds. The van der Waals surface area contributed by atoms with Crippen molar-refractivity contribution in [3.63, 3.8) is 0 Å². The van der Waals surface area contributed by atoms with Crippen molar-refractivity contribution in [1.29, 1.82) is 0 Å². The van der Waals surface area contributed by atoms with E-state index in [0.29, 0.717) is 5.95 Å². The second-order valence-electron chi connectivity index (χ2n) is 12.9. The van der Waals surface area contributed by atoms with Gasteiger partial charge >= 0.3 is 0 Å². The van der Waals surface area contributed by atoms with Gasteiger partial charge in [0.1, 0.15) is 0 Å². The molecule has 0 atom stereocenters. The van der Waals surface area contributed by atoms with Crippen molar-refractivity contribution in [2.75, 3.05) is 0 Å². The summed E-state index contributed by atoms with van der Waals surface area (Å²) in [5.41, 5.74) is 7.55. The lowest BCUT2D eigenvalue weighted by Gasteiger charge is -2.15. The van der Waals surface area contributed by atoms with Crippen LogP contribution in [0.25, 0.3) is 103 Å². The summed E-state index contributed by atoms with van der Waals surface area (Å²) in [5.74, 6) is 0.666. The molecule has 8 aromatic carbocycles. The maximum absolute atomic E-state index is 5.53. The van der Waals surface area contributed by atoms with Gasteiger partial charge in [0.25, 0.3) is 0 Å². The van der Waals surface area contributed by atoms with Crippen LogP contribution in [0.4, 0.5) is 0 Å². The zero-order valence-electron chi connectivity index (χ0n) is 26.8. The zero-order valence-corrected chi connectivity index (χ0v) is 27.7. The highest BCUT2D eigenvalue weighted by Crippen LogP contribution is 2.45. The molecule has 232 valence electrons. The smallest absolute Gasteiger partial charge is 0.235 e. The standard InChI is InChI=1S/C46H27N3S/c1-2-14-30(15-3-1)42-38-27-25-28-12-4-6-16-31(28)43(38)48-46(47-42)49-44-32-17-7-5-13-29(32)24-26-36(44)35-21-10-20-34(45(35)49)33-19-11-23-40-41(33)37-18-8-9-22-39(37)50-40/h1-27H. The predicted octanol–water partition coefficient (Wildman–Crippen LogP) is 12.7. The summed E-state index contributed by atoms with van der Waals surface area (Å²) in [6.07, 6.45) is 0. The van der Waals surface area contributed by atoms with Crippen molar-refractivity contribution in [3.05, 3.63) is 164 Å². The number of thiophene rings is 1. The normalized spacial score (nSPS) is 12.0. The molecule has 0 bridgehead atoms. The first kappa shape index (κ1) is 27.6. The van der Waals surface area contributed by atoms with Gasteiger partial charge in [-0.3, -0.25) is 4.57 Å². The van der Waals surface area contributed by atoms with E-state index in [1.807, 2.05) is 11.3 Å². The third-order valence-electron chi connectivity index (χ3n) is 10.2. The quantitative estimate of drug-likeness (QED) is 0.178. The lowest BCUT2D eigenvalue weighted by atomic mass is 9.97. The lowest BCUT2D eigenvalue weighted by Crippen LogP contribution is -2.05. The summed E-state index contributed by atoms with van der Waals surface area (Å²) in [7, 11) is 0. The Balaban J connectivity index is 1.36. The highest BCUT2D eigenvalue weighted by Gasteiger charge is 2.23. The predicted molar refractivity (Wildman–Crippen MR) is 213 cm³/mol. The van der Waals surface area contributed by atoms with Gasteiger partial charge in [0.05, 0.1) is 22.2 Å². The van der Waals surface area contributed by atoms with E-state index >= 15 is 0 Å². The molecule has 0 N–H and O–H groups in total. The Kier molecular flexibility index (Phi) is 5.83. The minimum Gasteiger partial charge on any atom is -0.277 e. The fourth-order valence-electron chi connectivity index (χ4n) is 8.01. The van der Waals surface area contributed by atoms with Crippen LogP contribution in [0, 0.1) is 0 Å². The summed E-state index contributed by atoms with van der Waals surface area (Å²) in [6.45, 7) is 0. The number of benzene rings is 8. The molecule has 0 fully saturated rings. The Bertz CT molecular complexity index is 3150. The van der Waals surface area contributed by atoms with E-state index in [0.717, 1.165) is 44.0 Å².